The van der Waals surface area contributed by atoms with E-state index in [-0.39, 0.29) is 11.4 Å². The van der Waals surface area contributed by atoms with Crippen molar-refractivity contribution < 1.29 is 4.79 Å². The molecule has 1 amide bonds. The summed E-state index contributed by atoms with van der Waals surface area (Å²) in [5.74, 6) is 0.145. The normalized spacial score (nSPS) is 19.5. The summed E-state index contributed by atoms with van der Waals surface area (Å²) >= 11 is 0. The van der Waals surface area contributed by atoms with Crippen LogP contribution in [-0.4, -0.2) is 24.5 Å². The van der Waals surface area contributed by atoms with Gasteiger partial charge in [-0.25, -0.2) is 0 Å². The van der Waals surface area contributed by atoms with E-state index >= 15 is 0 Å². The van der Waals surface area contributed by atoms with Crippen LogP contribution >= 0.6 is 0 Å². The molecule has 0 spiro atoms. The zero-order valence-electron chi connectivity index (χ0n) is 11.0. The minimum Gasteiger partial charge on any atom is -0.306 e. The Hall–Kier alpha value is -1.35. The molecule has 1 aromatic rings. The Morgan fingerprint density at radius 2 is 1.76 bits per heavy atom. The first-order valence-corrected chi connectivity index (χ1v) is 6.02. The van der Waals surface area contributed by atoms with E-state index in [9.17, 15) is 4.79 Å². The van der Waals surface area contributed by atoms with Gasteiger partial charge in [-0.15, -0.1) is 0 Å². The molecule has 1 heterocycles. The van der Waals surface area contributed by atoms with Gasteiger partial charge in [0, 0.05) is 12.2 Å². The molecule has 1 aliphatic heterocycles. The summed E-state index contributed by atoms with van der Waals surface area (Å²) in [4.78, 5) is 14.0. The first-order valence-electron chi connectivity index (χ1n) is 6.02. The topological polar surface area (TPSA) is 32.3 Å². The molecular weight excluding hydrogens is 212 g/mol. The quantitative estimate of drug-likeness (QED) is 0.803. The molecule has 92 valence electrons. The Labute approximate surface area is 103 Å². The minimum atomic E-state index is -0.171. The van der Waals surface area contributed by atoms with Crippen molar-refractivity contribution in [1.82, 2.24) is 5.32 Å². The molecule has 3 nitrogen and oxygen atoms in total. The Bertz CT molecular complexity index is 431. The van der Waals surface area contributed by atoms with Gasteiger partial charge < -0.3 is 10.2 Å². The Balaban J connectivity index is 2.45. The van der Waals surface area contributed by atoms with Crippen LogP contribution in [0, 0.1) is 13.8 Å². The van der Waals surface area contributed by atoms with E-state index in [4.69, 9.17) is 0 Å². The molecule has 0 atom stereocenters. The van der Waals surface area contributed by atoms with Crippen molar-refractivity contribution in [3.05, 3.63) is 29.3 Å². The summed E-state index contributed by atoms with van der Waals surface area (Å²) < 4.78 is 0. The van der Waals surface area contributed by atoms with Crippen molar-refractivity contribution in [3.63, 3.8) is 0 Å². The number of aryl methyl sites for hydroxylation is 2. The highest BCUT2D eigenvalue weighted by molar-refractivity contribution is 5.97. The predicted octanol–water partition coefficient (Wildman–Crippen LogP) is 2.02. The number of hydrogen-bond donors (Lipinski definition) is 1. The number of nitrogens with one attached hydrogen (secondary N) is 1. The number of benzene rings is 1. The van der Waals surface area contributed by atoms with E-state index in [1.807, 2.05) is 4.90 Å². The SMILES string of the molecule is Cc1cc(C)cc(N2C(=O)CNCC2(C)C)c1. The highest BCUT2D eigenvalue weighted by atomic mass is 16.2. The lowest BCUT2D eigenvalue weighted by atomic mass is 9.97. The molecule has 0 unspecified atom stereocenters. The van der Waals surface area contributed by atoms with E-state index in [0.717, 1.165) is 12.2 Å². The first kappa shape index (κ1) is 12.1. The van der Waals surface area contributed by atoms with Crippen LogP contribution in [0.3, 0.4) is 0 Å². The molecule has 0 saturated carbocycles. The predicted molar refractivity (Wildman–Crippen MR) is 70.4 cm³/mol. The van der Waals surface area contributed by atoms with Gasteiger partial charge in [0.2, 0.25) is 5.91 Å². The van der Waals surface area contributed by atoms with Gasteiger partial charge in [-0.3, -0.25) is 4.79 Å². The Morgan fingerprint density at radius 3 is 2.29 bits per heavy atom. The van der Waals surface area contributed by atoms with Crippen LogP contribution in [0.15, 0.2) is 18.2 Å². The Kier molecular flexibility index (Phi) is 2.96. The molecule has 0 radical (unpaired) electrons. The summed E-state index contributed by atoms with van der Waals surface area (Å²) in [5.41, 5.74) is 3.23. The second kappa shape index (κ2) is 4.15. The van der Waals surface area contributed by atoms with Crippen molar-refractivity contribution in [2.75, 3.05) is 18.0 Å². The van der Waals surface area contributed by atoms with Crippen molar-refractivity contribution >= 4 is 11.6 Å². The molecule has 3 heteroatoms. The molecule has 0 aromatic heterocycles. The molecule has 1 fully saturated rings. The zero-order chi connectivity index (χ0) is 12.6. The molecular formula is C14H20N2O. The fraction of sp³-hybridized carbons (Fsp3) is 0.500. The maximum absolute atomic E-state index is 12.1. The highest BCUT2D eigenvalue weighted by Crippen LogP contribution is 2.27. The molecule has 0 bridgehead atoms. The first-order chi connectivity index (χ1) is 7.90. The molecule has 1 N–H and O–H groups in total. The number of nitrogens with zero attached hydrogens (tertiary/aromatic N) is 1. The third-order valence-corrected chi connectivity index (χ3v) is 3.15. The van der Waals surface area contributed by atoms with Crippen LogP contribution in [-0.2, 0) is 4.79 Å². The molecule has 1 aromatic carbocycles. The van der Waals surface area contributed by atoms with E-state index < -0.39 is 0 Å². The van der Waals surface area contributed by atoms with E-state index in [1.165, 1.54) is 11.1 Å². The summed E-state index contributed by atoms with van der Waals surface area (Å²) in [6.07, 6.45) is 0. The van der Waals surface area contributed by atoms with E-state index in [2.05, 4.69) is 51.2 Å². The number of carbonyl (C=O) groups excluding carboxylic acids is 1. The van der Waals surface area contributed by atoms with Gasteiger partial charge in [0.05, 0.1) is 12.1 Å². The third kappa shape index (κ3) is 2.34. The third-order valence-electron chi connectivity index (χ3n) is 3.15. The Morgan fingerprint density at radius 1 is 1.18 bits per heavy atom. The molecule has 2 rings (SSSR count). The highest BCUT2D eigenvalue weighted by Gasteiger charge is 2.35. The smallest absolute Gasteiger partial charge is 0.241 e. The van der Waals surface area contributed by atoms with Crippen LogP contribution in [0.4, 0.5) is 5.69 Å². The second-order valence-corrected chi connectivity index (χ2v) is 5.49. The molecule has 1 saturated heterocycles. The average Bonchev–Trinajstić information content (AvgIpc) is 2.13. The minimum absolute atomic E-state index is 0.145. The monoisotopic (exact) mass is 232 g/mol. The van der Waals surface area contributed by atoms with Crippen molar-refractivity contribution in [1.29, 1.82) is 0 Å². The molecule has 17 heavy (non-hydrogen) atoms. The average molecular weight is 232 g/mol. The fourth-order valence-corrected chi connectivity index (χ4v) is 2.54. The van der Waals surface area contributed by atoms with Gasteiger partial charge in [-0.05, 0) is 51.0 Å². The summed E-state index contributed by atoms with van der Waals surface area (Å²) in [7, 11) is 0. The summed E-state index contributed by atoms with van der Waals surface area (Å²) in [6.45, 7) is 9.57. The van der Waals surface area contributed by atoms with Crippen LogP contribution < -0.4 is 10.2 Å². The van der Waals surface area contributed by atoms with E-state index in [1.54, 1.807) is 0 Å². The van der Waals surface area contributed by atoms with Gasteiger partial charge >= 0.3 is 0 Å². The number of amides is 1. The van der Waals surface area contributed by atoms with Crippen LogP contribution in [0.2, 0.25) is 0 Å². The summed E-state index contributed by atoms with van der Waals surface area (Å²) in [5, 5.41) is 3.16. The maximum Gasteiger partial charge on any atom is 0.241 e. The van der Waals surface area contributed by atoms with Gasteiger partial charge in [-0.1, -0.05) is 6.07 Å². The zero-order valence-corrected chi connectivity index (χ0v) is 11.0. The maximum atomic E-state index is 12.1. The van der Waals surface area contributed by atoms with Gasteiger partial charge in [0.1, 0.15) is 0 Å². The van der Waals surface area contributed by atoms with Gasteiger partial charge in [0.15, 0.2) is 0 Å². The van der Waals surface area contributed by atoms with Gasteiger partial charge in [0.25, 0.3) is 0 Å². The summed E-state index contributed by atoms with van der Waals surface area (Å²) in [6, 6.07) is 6.29. The lowest BCUT2D eigenvalue weighted by Gasteiger charge is -2.42. The lowest BCUT2D eigenvalue weighted by molar-refractivity contribution is -0.120. The lowest BCUT2D eigenvalue weighted by Crippen LogP contribution is -2.61. The number of hydrogen-bond acceptors (Lipinski definition) is 2. The molecule has 1 aliphatic rings. The van der Waals surface area contributed by atoms with Crippen LogP contribution in [0.5, 0.6) is 0 Å². The number of piperazine rings is 1. The fourth-order valence-electron chi connectivity index (χ4n) is 2.54. The van der Waals surface area contributed by atoms with Crippen molar-refractivity contribution in [3.8, 4) is 0 Å². The van der Waals surface area contributed by atoms with Crippen molar-refractivity contribution in [2.24, 2.45) is 0 Å². The van der Waals surface area contributed by atoms with Gasteiger partial charge in [-0.2, -0.15) is 0 Å². The number of rotatable bonds is 1. The van der Waals surface area contributed by atoms with Crippen molar-refractivity contribution in [2.45, 2.75) is 33.2 Å². The second-order valence-electron chi connectivity index (χ2n) is 5.49. The van der Waals surface area contributed by atoms with Crippen LogP contribution in [0.25, 0.3) is 0 Å². The molecule has 0 aliphatic carbocycles. The largest absolute Gasteiger partial charge is 0.306 e. The van der Waals surface area contributed by atoms with Crippen LogP contribution in [0.1, 0.15) is 25.0 Å². The standard InChI is InChI=1S/C14H20N2O/c1-10-5-11(2)7-12(6-10)16-13(17)8-15-9-14(16,3)4/h5-7,15H,8-9H2,1-4H3. The number of carbonyl (C=O) groups is 1. The van der Waals surface area contributed by atoms with E-state index in [0.29, 0.717) is 6.54 Å². The number of anilines is 1.